The van der Waals surface area contributed by atoms with Gasteiger partial charge in [0.2, 0.25) is 5.91 Å². The van der Waals surface area contributed by atoms with Gasteiger partial charge in [0.1, 0.15) is 12.4 Å². The number of halogens is 1. The number of hydrogen-bond acceptors (Lipinski definition) is 5. The smallest absolute Gasteiger partial charge is 0.232 e. The van der Waals surface area contributed by atoms with E-state index in [0.29, 0.717) is 23.9 Å². The van der Waals surface area contributed by atoms with Crippen LogP contribution in [0.5, 0.6) is 5.75 Å². The van der Waals surface area contributed by atoms with Gasteiger partial charge in [0, 0.05) is 25.7 Å². The Morgan fingerprint density at radius 1 is 1.30 bits per heavy atom. The van der Waals surface area contributed by atoms with Gasteiger partial charge in [-0.25, -0.2) is 0 Å². The van der Waals surface area contributed by atoms with Crippen LogP contribution in [0.2, 0.25) is 5.02 Å². The van der Waals surface area contributed by atoms with Crippen molar-refractivity contribution in [1.82, 2.24) is 19.7 Å². The summed E-state index contributed by atoms with van der Waals surface area (Å²) in [6.45, 7) is 3.03. The Bertz CT molecular complexity index is 658. The molecule has 23 heavy (non-hydrogen) atoms. The summed E-state index contributed by atoms with van der Waals surface area (Å²) < 4.78 is 7.65. The monoisotopic (exact) mass is 354 g/mol. The molecular weight excluding hydrogens is 336 g/mol. The highest BCUT2D eigenvalue weighted by atomic mass is 35.5. The molecule has 0 atom stereocenters. The van der Waals surface area contributed by atoms with Crippen LogP contribution in [0, 0.1) is 0 Å². The van der Waals surface area contributed by atoms with Crippen molar-refractivity contribution in [2.45, 2.75) is 25.2 Å². The number of aromatic nitrogens is 3. The van der Waals surface area contributed by atoms with Gasteiger partial charge in [-0.15, -0.1) is 10.2 Å². The maximum Gasteiger partial charge on any atom is 0.232 e. The fraction of sp³-hybridized carbons (Fsp3) is 0.400. The molecule has 0 saturated carbocycles. The van der Waals surface area contributed by atoms with E-state index in [9.17, 15) is 4.79 Å². The molecule has 0 bridgehead atoms. The number of rotatable bonds is 7. The summed E-state index contributed by atoms with van der Waals surface area (Å²) in [5.41, 5.74) is 0. The Labute approximate surface area is 144 Å². The van der Waals surface area contributed by atoms with Crippen LogP contribution < -0.4 is 4.74 Å². The van der Waals surface area contributed by atoms with Crippen LogP contribution in [0.15, 0.2) is 29.4 Å². The summed E-state index contributed by atoms with van der Waals surface area (Å²) in [7, 11) is 3.47. The average molecular weight is 355 g/mol. The maximum atomic E-state index is 11.7. The lowest BCUT2D eigenvalue weighted by Crippen LogP contribution is -2.23. The van der Waals surface area contributed by atoms with Crippen molar-refractivity contribution in [2.75, 3.05) is 19.8 Å². The van der Waals surface area contributed by atoms with Crippen molar-refractivity contribution in [3.8, 4) is 5.75 Å². The Morgan fingerprint density at radius 3 is 2.61 bits per heavy atom. The molecule has 0 aliphatic rings. The minimum absolute atomic E-state index is 0.0413. The molecular formula is C15H19ClN4O2S. The lowest BCUT2D eigenvalue weighted by molar-refractivity contribution is -0.125. The van der Waals surface area contributed by atoms with Gasteiger partial charge >= 0.3 is 0 Å². The van der Waals surface area contributed by atoms with E-state index in [1.54, 1.807) is 43.3 Å². The van der Waals surface area contributed by atoms with Crippen molar-refractivity contribution in [3.05, 3.63) is 35.1 Å². The molecule has 0 aliphatic carbocycles. The zero-order valence-corrected chi connectivity index (χ0v) is 14.9. The van der Waals surface area contributed by atoms with Crippen molar-refractivity contribution in [3.63, 3.8) is 0 Å². The van der Waals surface area contributed by atoms with Gasteiger partial charge in [-0.1, -0.05) is 23.4 Å². The standard InChI is InChI=1S/C15H19ClN4O2S/c1-4-20-13(9-22-12-7-5-11(16)6-8-12)17-18-15(20)23-10-14(21)19(2)3/h5-8H,4,9-10H2,1-3H3. The number of nitrogens with zero attached hydrogens (tertiary/aromatic N) is 4. The molecule has 0 aliphatic heterocycles. The molecule has 0 N–H and O–H groups in total. The maximum absolute atomic E-state index is 11.7. The predicted octanol–water partition coefficient (Wildman–Crippen LogP) is 2.71. The first-order valence-corrected chi connectivity index (χ1v) is 8.51. The molecule has 0 spiro atoms. The molecule has 0 unspecified atom stereocenters. The molecule has 1 amide bonds. The molecule has 0 radical (unpaired) electrons. The van der Waals surface area contributed by atoms with Gasteiger partial charge in [-0.3, -0.25) is 4.79 Å². The minimum atomic E-state index is 0.0413. The predicted molar refractivity (Wildman–Crippen MR) is 90.9 cm³/mol. The summed E-state index contributed by atoms with van der Waals surface area (Å²) >= 11 is 7.22. The Hall–Kier alpha value is -1.73. The zero-order chi connectivity index (χ0) is 16.8. The third kappa shape index (κ3) is 4.87. The van der Waals surface area contributed by atoms with Crippen LogP contribution >= 0.6 is 23.4 Å². The van der Waals surface area contributed by atoms with Crippen molar-refractivity contribution >= 4 is 29.3 Å². The highest BCUT2D eigenvalue weighted by Crippen LogP contribution is 2.20. The van der Waals surface area contributed by atoms with E-state index in [2.05, 4.69) is 10.2 Å². The topological polar surface area (TPSA) is 60.2 Å². The summed E-state index contributed by atoms with van der Waals surface area (Å²) in [5, 5.41) is 9.69. The average Bonchev–Trinajstić information content (AvgIpc) is 2.93. The molecule has 124 valence electrons. The Kier molecular flexibility index (Phi) is 6.29. The van der Waals surface area contributed by atoms with Gasteiger partial charge in [-0.2, -0.15) is 0 Å². The van der Waals surface area contributed by atoms with E-state index in [0.717, 1.165) is 16.7 Å². The van der Waals surface area contributed by atoms with Crippen LogP contribution in [0.1, 0.15) is 12.7 Å². The van der Waals surface area contributed by atoms with Crippen molar-refractivity contribution in [2.24, 2.45) is 0 Å². The van der Waals surface area contributed by atoms with Gasteiger partial charge in [0.05, 0.1) is 5.75 Å². The number of benzene rings is 1. The number of thioether (sulfide) groups is 1. The largest absolute Gasteiger partial charge is 0.486 e. The van der Waals surface area contributed by atoms with Crippen LogP contribution in [0.3, 0.4) is 0 Å². The fourth-order valence-electron chi connectivity index (χ4n) is 1.78. The summed E-state index contributed by atoms with van der Waals surface area (Å²) in [4.78, 5) is 13.2. The second kappa shape index (κ2) is 8.21. The SMILES string of the molecule is CCn1c(COc2ccc(Cl)cc2)nnc1SCC(=O)N(C)C. The third-order valence-electron chi connectivity index (χ3n) is 3.11. The Balaban J connectivity index is 1.99. The Morgan fingerprint density at radius 2 is 2.00 bits per heavy atom. The van der Waals surface area contributed by atoms with E-state index in [1.165, 1.54) is 11.8 Å². The molecule has 2 aromatic rings. The van der Waals surface area contributed by atoms with Gasteiger partial charge in [-0.05, 0) is 31.2 Å². The van der Waals surface area contributed by atoms with Crippen LogP contribution in [-0.2, 0) is 17.9 Å². The highest BCUT2D eigenvalue weighted by Gasteiger charge is 2.14. The van der Waals surface area contributed by atoms with Crippen molar-refractivity contribution < 1.29 is 9.53 Å². The van der Waals surface area contributed by atoms with E-state index >= 15 is 0 Å². The summed E-state index contributed by atoms with van der Waals surface area (Å²) in [6.07, 6.45) is 0. The van der Waals surface area contributed by atoms with E-state index in [-0.39, 0.29) is 5.91 Å². The van der Waals surface area contributed by atoms with Crippen LogP contribution in [0.4, 0.5) is 0 Å². The molecule has 1 heterocycles. The van der Waals surface area contributed by atoms with E-state index in [4.69, 9.17) is 16.3 Å². The molecule has 2 rings (SSSR count). The van der Waals surface area contributed by atoms with E-state index < -0.39 is 0 Å². The van der Waals surface area contributed by atoms with Crippen LogP contribution in [-0.4, -0.2) is 45.4 Å². The number of amides is 1. The van der Waals surface area contributed by atoms with Gasteiger partial charge < -0.3 is 14.2 Å². The second-order valence-corrected chi connectivity index (χ2v) is 6.34. The summed E-state index contributed by atoms with van der Waals surface area (Å²) in [5.74, 6) is 1.82. The number of ether oxygens (including phenoxy) is 1. The zero-order valence-electron chi connectivity index (χ0n) is 13.3. The first-order chi connectivity index (χ1) is 11.0. The van der Waals surface area contributed by atoms with Gasteiger partial charge in [0.25, 0.3) is 0 Å². The molecule has 1 aromatic heterocycles. The van der Waals surface area contributed by atoms with Gasteiger partial charge in [0.15, 0.2) is 11.0 Å². The first-order valence-electron chi connectivity index (χ1n) is 7.14. The lowest BCUT2D eigenvalue weighted by Gasteiger charge is -2.11. The molecule has 0 saturated heterocycles. The van der Waals surface area contributed by atoms with Crippen LogP contribution in [0.25, 0.3) is 0 Å². The molecule has 0 fully saturated rings. The molecule has 8 heteroatoms. The normalized spacial score (nSPS) is 10.6. The third-order valence-corrected chi connectivity index (χ3v) is 4.32. The first kappa shape index (κ1) is 17.6. The minimum Gasteiger partial charge on any atom is -0.486 e. The summed E-state index contributed by atoms with van der Waals surface area (Å²) in [6, 6.07) is 7.16. The number of hydrogen-bond donors (Lipinski definition) is 0. The highest BCUT2D eigenvalue weighted by molar-refractivity contribution is 7.99. The quantitative estimate of drug-likeness (QED) is 0.715. The number of carbonyl (C=O) groups excluding carboxylic acids is 1. The van der Waals surface area contributed by atoms with E-state index in [1.807, 2.05) is 11.5 Å². The van der Waals surface area contributed by atoms with Crippen molar-refractivity contribution in [1.29, 1.82) is 0 Å². The second-order valence-electron chi connectivity index (χ2n) is 4.96. The fourth-order valence-corrected chi connectivity index (χ4v) is 2.91. The molecule has 6 nitrogen and oxygen atoms in total. The molecule has 1 aromatic carbocycles. The lowest BCUT2D eigenvalue weighted by atomic mass is 10.3. The number of carbonyl (C=O) groups is 1.